The fourth-order valence-corrected chi connectivity index (χ4v) is 7.63. The van der Waals surface area contributed by atoms with Gasteiger partial charge < -0.3 is 28.6 Å². The van der Waals surface area contributed by atoms with Crippen molar-refractivity contribution >= 4 is 65.4 Å². The van der Waals surface area contributed by atoms with E-state index in [-0.39, 0.29) is 27.2 Å². The van der Waals surface area contributed by atoms with Crippen LogP contribution in [0.4, 0.5) is 0 Å². The Labute approximate surface area is 339 Å². The molecule has 10 rings (SSSR count). The van der Waals surface area contributed by atoms with Gasteiger partial charge in [-0.3, -0.25) is 9.97 Å². The molecule has 4 aromatic heterocycles. The molecule has 10 aromatic rings. The third-order valence-electron chi connectivity index (χ3n) is 10.4. The molecule has 6 aromatic carbocycles. The summed E-state index contributed by atoms with van der Waals surface area (Å²) in [5.41, 5.74) is 10.5. The van der Waals surface area contributed by atoms with Crippen molar-refractivity contribution in [3.8, 4) is 17.1 Å². The Morgan fingerprint density at radius 1 is 0.607 bits per heavy atom. The van der Waals surface area contributed by atoms with Crippen LogP contribution in [0.1, 0.15) is 24.5 Å². The zero-order valence-electron chi connectivity index (χ0n) is 31.4. The minimum atomic E-state index is 0. The van der Waals surface area contributed by atoms with Gasteiger partial charge in [0.15, 0.2) is 0 Å². The Hall–Kier alpha value is -5.95. The number of fused-ring (bicyclic) bond motifs is 12. The van der Waals surface area contributed by atoms with Gasteiger partial charge in [-0.15, -0.1) is 24.3 Å². The number of pyridine rings is 2. The summed E-state index contributed by atoms with van der Waals surface area (Å²) in [7, 11) is 1.72. The normalized spacial score (nSPS) is 11.9. The molecule has 9 heteroatoms. The SMILES string of the molecule is CCC(COc1ccc(-n2cnc3c4[c-]ccnc4c4c(C)cccc4c32)cc1)OC.Cc1cccc2c1c1ncc[c-]c1c1ncn(-c3ccccc3)c21.[Pt+2]. The first-order chi connectivity index (χ1) is 27.1. The van der Waals surface area contributed by atoms with Crippen molar-refractivity contribution in [2.75, 3.05) is 13.7 Å². The average molecular weight is 914 g/mol. The quantitative estimate of drug-likeness (QED) is 0.117. The first-order valence-corrected chi connectivity index (χ1v) is 18.5. The number of hydrogen-bond donors (Lipinski definition) is 0. The summed E-state index contributed by atoms with van der Waals surface area (Å²) in [6.07, 6.45) is 8.38. The summed E-state index contributed by atoms with van der Waals surface area (Å²) in [6.45, 7) is 6.89. The first-order valence-electron chi connectivity index (χ1n) is 18.5. The molecular formula is C47H38N6O2Pt. The van der Waals surface area contributed by atoms with E-state index in [4.69, 9.17) is 19.4 Å². The third kappa shape index (κ3) is 6.39. The molecule has 0 N–H and O–H groups in total. The minimum absolute atomic E-state index is 0. The van der Waals surface area contributed by atoms with E-state index in [0.29, 0.717) is 6.61 Å². The molecule has 1 atom stereocenters. The van der Waals surface area contributed by atoms with Crippen LogP contribution >= 0.6 is 0 Å². The van der Waals surface area contributed by atoms with Gasteiger partial charge in [-0.2, -0.15) is 0 Å². The third-order valence-corrected chi connectivity index (χ3v) is 10.4. The molecule has 0 radical (unpaired) electrons. The molecule has 278 valence electrons. The summed E-state index contributed by atoms with van der Waals surface area (Å²) in [5.74, 6) is 0.826. The van der Waals surface area contributed by atoms with Gasteiger partial charge in [0.25, 0.3) is 0 Å². The predicted molar refractivity (Wildman–Crippen MR) is 221 cm³/mol. The largest absolute Gasteiger partial charge is 2.00 e. The maximum absolute atomic E-state index is 5.89. The molecule has 0 aliphatic carbocycles. The van der Waals surface area contributed by atoms with Gasteiger partial charge in [0, 0.05) is 40.6 Å². The van der Waals surface area contributed by atoms with Gasteiger partial charge in [0.2, 0.25) is 0 Å². The van der Waals surface area contributed by atoms with Crippen LogP contribution in [0.15, 0.2) is 128 Å². The van der Waals surface area contributed by atoms with E-state index in [0.717, 1.165) is 78.2 Å². The molecule has 0 saturated heterocycles. The van der Waals surface area contributed by atoms with E-state index < -0.39 is 0 Å². The molecule has 1 unspecified atom stereocenters. The van der Waals surface area contributed by atoms with Crippen molar-refractivity contribution in [2.24, 2.45) is 0 Å². The van der Waals surface area contributed by atoms with Gasteiger partial charge in [-0.1, -0.05) is 95.8 Å². The van der Waals surface area contributed by atoms with Crippen molar-refractivity contribution in [1.29, 1.82) is 0 Å². The zero-order chi connectivity index (χ0) is 37.5. The summed E-state index contributed by atoms with van der Waals surface area (Å²) in [5, 5.41) is 6.56. The number of aryl methyl sites for hydroxylation is 2. The molecule has 0 spiro atoms. The molecule has 0 bridgehead atoms. The maximum atomic E-state index is 5.89. The smallest absolute Gasteiger partial charge is 0.491 e. The van der Waals surface area contributed by atoms with Crippen LogP contribution in [0.3, 0.4) is 0 Å². The van der Waals surface area contributed by atoms with Gasteiger partial charge in [-0.25, -0.2) is 0 Å². The number of methoxy groups -OCH3 is 1. The van der Waals surface area contributed by atoms with E-state index in [2.05, 4.69) is 113 Å². The number of imidazole rings is 2. The summed E-state index contributed by atoms with van der Waals surface area (Å²) in [6, 6.07) is 41.5. The van der Waals surface area contributed by atoms with Crippen LogP contribution in [-0.4, -0.2) is 48.9 Å². The van der Waals surface area contributed by atoms with Crippen LogP contribution in [0.5, 0.6) is 5.75 Å². The van der Waals surface area contributed by atoms with Crippen LogP contribution < -0.4 is 4.74 Å². The second-order valence-corrected chi connectivity index (χ2v) is 13.7. The zero-order valence-corrected chi connectivity index (χ0v) is 33.7. The van der Waals surface area contributed by atoms with Gasteiger partial charge >= 0.3 is 21.1 Å². The Balaban J connectivity index is 0.000000159. The van der Waals surface area contributed by atoms with Crippen LogP contribution in [0, 0.1) is 26.0 Å². The molecule has 4 heterocycles. The van der Waals surface area contributed by atoms with Crippen LogP contribution in [-0.2, 0) is 25.8 Å². The topological polar surface area (TPSA) is 79.9 Å². The molecule has 0 aliphatic heterocycles. The van der Waals surface area contributed by atoms with Gasteiger partial charge in [-0.05, 0) is 89.2 Å². The number of nitrogens with zero attached hydrogens (tertiary/aromatic N) is 6. The fourth-order valence-electron chi connectivity index (χ4n) is 7.63. The number of para-hydroxylation sites is 1. The number of aromatic nitrogens is 6. The molecule has 56 heavy (non-hydrogen) atoms. The van der Waals surface area contributed by atoms with Crippen molar-refractivity contribution in [1.82, 2.24) is 29.1 Å². The number of rotatable bonds is 7. The van der Waals surface area contributed by atoms with Crippen molar-refractivity contribution in [3.63, 3.8) is 0 Å². The van der Waals surface area contributed by atoms with Crippen LogP contribution in [0.25, 0.3) is 76.8 Å². The Kier molecular flexibility index (Phi) is 10.3. The van der Waals surface area contributed by atoms with Crippen molar-refractivity contribution in [2.45, 2.75) is 33.3 Å². The maximum Gasteiger partial charge on any atom is 2.00 e. The van der Waals surface area contributed by atoms with Gasteiger partial charge in [0.1, 0.15) is 12.4 Å². The summed E-state index contributed by atoms with van der Waals surface area (Å²) >= 11 is 0. The molecule has 8 nitrogen and oxygen atoms in total. The summed E-state index contributed by atoms with van der Waals surface area (Å²) < 4.78 is 15.6. The summed E-state index contributed by atoms with van der Waals surface area (Å²) in [4.78, 5) is 18.7. The van der Waals surface area contributed by atoms with E-state index in [1.54, 1.807) is 19.5 Å². The Morgan fingerprint density at radius 3 is 1.62 bits per heavy atom. The van der Waals surface area contributed by atoms with E-state index in [9.17, 15) is 0 Å². The van der Waals surface area contributed by atoms with E-state index in [1.807, 2.05) is 55.1 Å². The van der Waals surface area contributed by atoms with Crippen molar-refractivity contribution < 1.29 is 30.5 Å². The minimum Gasteiger partial charge on any atom is -0.491 e. The molecular weight excluding hydrogens is 876 g/mol. The van der Waals surface area contributed by atoms with Crippen molar-refractivity contribution in [3.05, 3.63) is 151 Å². The molecule has 0 aliphatic rings. The number of benzene rings is 6. The number of ether oxygens (including phenoxy) is 2. The standard InChI is InChI=1S/C26H24N3O2.C21H14N3.Pt/c1-4-19(30-3)15-31-20-12-10-18(11-13-20)29-16-28-25-22-9-6-14-27-24(22)23-17(2)7-5-8-21(23)26(25)29;1-14-7-5-10-16-18(14)19-17(11-6-12-22-19)20-21(16)24(13-23-20)15-8-3-2-4-9-15;/h5-8,10-14,16,19H,4,15H2,1-3H3;2-10,12-13H,1H3;/q2*-1;+2. The Bertz CT molecular complexity index is 2990. The second kappa shape index (κ2) is 15.7. The fraction of sp³-hybridized carbons (Fsp3) is 0.149. The molecule has 0 fully saturated rings. The monoisotopic (exact) mass is 913 g/mol. The second-order valence-electron chi connectivity index (χ2n) is 13.7. The molecule has 0 amide bonds. The Morgan fingerprint density at radius 2 is 1.12 bits per heavy atom. The van der Waals surface area contributed by atoms with Crippen LogP contribution in [0.2, 0.25) is 0 Å². The van der Waals surface area contributed by atoms with E-state index in [1.165, 1.54) is 21.9 Å². The van der Waals surface area contributed by atoms with E-state index >= 15 is 0 Å². The van der Waals surface area contributed by atoms with Gasteiger partial charge in [0.05, 0.1) is 18.8 Å². The predicted octanol–water partition coefficient (Wildman–Crippen LogP) is 10.5. The first kappa shape index (κ1) is 37.0. The molecule has 0 saturated carbocycles. The average Bonchev–Trinajstić information content (AvgIpc) is 3.89. The number of hydrogen-bond acceptors (Lipinski definition) is 6.